The fraction of sp³-hybridized carbons (Fsp3) is 0.818. The van der Waals surface area contributed by atoms with Crippen LogP contribution in [0, 0.1) is 5.41 Å². The van der Waals surface area contributed by atoms with Gasteiger partial charge in [0.25, 0.3) is 0 Å². The van der Waals surface area contributed by atoms with Crippen LogP contribution < -0.4 is 0 Å². The molecule has 0 amide bonds. The van der Waals surface area contributed by atoms with Crippen LogP contribution in [-0.4, -0.2) is 169 Å². The van der Waals surface area contributed by atoms with Gasteiger partial charge in [0.15, 0.2) is 18.9 Å². The Labute approximate surface area is 285 Å². The largest absolute Gasteiger partial charge is 0.394 e. The van der Waals surface area contributed by atoms with Gasteiger partial charge in [0.2, 0.25) is 0 Å². The monoisotopic (exact) mass is 706 g/mol. The first kappa shape index (κ1) is 40.4. The Bertz CT molecular complexity index is 1170. The minimum absolute atomic E-state index is 0.0171. The SMILES string of the molecule is CC1=C(/C=C/C(C)=C/CO[C@@H]2O[C@H](CO[C@@H]3O[C@@H](C)[C@H](O)[C@@H](O)[C@H]3O)[C@@H](O)[C@H](O)[C@H]2O)C(C)(C)C[C@@H](O[C@@H]2O[C@H](CO)[C@@H](O)[C@H](O)[C@H]2O)C1. The number of aliphatic hydroxyl groups is 10. The van der Waals surface area contributed by atoms with Crippen molar-refractivity contribution >= 4 is 0 Å². The minimum Gasteiger partial charge on any atom is -0.394 e. The van der Waals surface area contributed by atoms with E-state index in [1.54, 1.807) is 6.08 Å². The van der Waals surface area contributed by atoms with Gasteiger partial charge in [-0.1, -0.05) is 43.2 Å². The van der Waals surface area contributed by atoms with Gasteiger partial charge in [-0.05, 0) is 44.6 Å². The third-order valence-corrected chi connectivity index (χ3v) is 9.72. The lowest BCUT2D eigenvalue weighted by molar-refractivity contribution is -0.326. The predicted octanol–water partition coefficient (Wildman–Crippen LogP) is -2.52. The van der Waals surface area contributed by atoms with Crippen molar-refractivity contribution in [2.75, 3.05) is 19.8 Å². The van der Waals surface area contributed by atoms with E-state index in [0.29, 0.717) is 12.8 Å². The Hall–Kier alpha value is -1.42. The number of aliphatic hydroxyl groups excluding tert-OH is 10. The summed E-state index contributed by atoms with van der Waals surface area (Å²) in [5.41, 5.74) is 2.58. The van der Waals surface area contributed by atoms with Gasteiger partial charge in [0.05, 0.1) is 32.0 Å². The van der Waals surface area contributed by atoms with Crippen molar-refractivity contribution < 1.29 is 79.5 Å². The molecule has 0 spiro atoms. The van der Waals surface area contributed by atoms with E-state index < -0.39 is 105 Å². The third-order valence-electron chi connectivity index (χ3n) is 9.72. The molecule has 0 unspecified atom stereocenters. The van der Waals surface area contributed by atoms with Crippen LogP contribution in [0.2, 0.25) is 0 Å². The van der Waals surface area contributed by atoms with Crippen LogP contribution >= 0.6 is 0 Å². The van der Waals surface area contributed by atoms with Gasteiger partial charge in [0, 0.05) is 0 Å². The maximum Gasteiger partial charge on any atom is 0.187 e. The van der Waals surface area contributed by atoms with Gasteiger partial charge in [-0.25, -0.2) is 0 Å². The summed E-state index contributed by atoms with van der Waals surface area (Å²) >= 11 is 0. The van der Waals surface area contributed by atoms with Crippen molar-refractivity contribution in [1.29, 1.82) is 0 Å². The Morgan fingerprint density at radius 3 is 1.92 bits per heavy atom. The zero-order valence-corrected chi connectivity index (χ0v) is 28.4. The van der Waals surface area contributed by atoms with Crippen LogP contribution in [0.25, 0.3) is 0 Å². The van der Waals surface area contributed by atoms with Gasteiger partial charge in [-0.15, -0.1) is 0 Å². The van der Waals surface area contributed by atoms with E-state index in [1.165, 1.54) is 6.92 Å². The van der Waals surface area contributed by atoms with Crippen molar-refractivity contribution in [2.45, 2.75) is 146 Å². The molecule has 16 heteroatoms. The fourth-order valence-electron chi connectivity index (χ4n) is 6.70. The second-order valence-electron chi connectivity index (χ2n) is 14.1. The molecule has 10 N–H and O–H groups in total. The summed E-state index contributed by atoms with van der Waals surface area (Å²) in [6, 6.07) is 0. The van der Waals surface area contributed by atoms with Gasteiger partial charge >= 0.3 is 0 Å². The molecule has 0 radical (unpaired) electrons. The first-order valence-electron chi connectivity index (χ1n) is 16.6. The van der Waals surface area contributed by atoms with Crippen LogP contribution in [0.15, 0.2) is 34.9 Å². The highest BCUT2D eigenvalue weighted by molar-refractivity contribution is 5.36. The molecular formula is C33H54O16. The zero-order valence-electron chi connectivity index (χ0n) is 28.4. The topological polar surface area (TPSA) is 258 Å². The molecule has 16 nitrogen and oxygen atoms in total. The second kappa shape index (κ2) is 16.9. The van der Waals surface area contributed by atoms with E-state index in [4.69, 9.17) is 28.4 Å². The Kier molecular flexibility index (Phi) is 14.0. The molecule has 4 aliphatic rings. The molecule has 49 heavy (non-hydrogen) atoms. The molecule has 3 heterocycles. The lowest BCUT2D eigenvalue weighted by atomic mass is 9.71. The molecule has 16 atom stereocenters. The quantitative estimate of drug-likeness (QED) is 0.0995. The lowest BCUT2D eigenvalue weighted by Gasteiger charge is -2.43. The summed E-state index contributed by atoms with van der Waals surface area (Å²) in [7, 11) is 0. The number of ether oxygens (including phenoxy) is 6. The molecule has 1 aliphatic carbocycles. The highest BCUT2D eigenvalue weighted by Gasteiger charge is 2.48. The predicted molar refractivity (Wildman–Crippen MR) is 168 cm³/mol. The molecule has 0 aromatic carbocycles. The minimum atomic E-state index is -1.63. The summed E-state index contributed by atoms with van der Waals surface area (Å²) in [6.07, 6.45) is -14.2. The van der Waals surface area contributed by atoms with Crippen molar-refractivity contribution in [3.63, 3.8) is 0 Å². The average Bonchev–Trinajstić information content (AvgIpc) is 3.04. The number of hydrogen-bond acceptors (Lipinski definition) is 16. The average molecular weight is 707 g/mol. The molecule has 0 saturated carbocycles. The Balaban J connectivity index is 1.31. The van der Waals surface area contributed by atoms with Crippen LogP contribution in [-0.2, 0) is 28.4 Å². The van der Waals surface area contributed by atoms with E-state index in [0.717, 1.165) is 16.7 Å². The fourth-order valence-corrected chi connectivity index (χ4v) is 6.70. The standard InChI is InChI=1S/C33H54O16/c1-14(6-7-18-15(2)10-17(11-33(18,4)5)47-32-29(43)25(39)22(36)19(12-34)48-32)8-9-44-30-28(42)26(40)23(37)20(49-30)13-45-31-27(41)24(38)21(35)16(3)46-31/h6-8,16-17,19-32,34-43H,9-13H2,1-5H3/b7-6+,14-8+/t16-,17-,19+,20+,21-,22+,23+,24+,25-,26-,27+,28+,29+,30+,31+,32+/m0/s1. The molecule has 0 aromatic rings. The zero-order chi connectivity index (χ0) is 36.4. The van der Waals surface area contributed by atoms with Crippen molar-refractivity contribution in [1.82, 2.24) is 0 Å². The molecule has 3 fully saturated rings. The summed E-state index contributed by atoms with van der Waals surface area (Å²) in [5.74, 6) is 0. The maximum atomic E-state index is 10.5. The third kappa shape index (κ3) is 9.34. The summed E-state index contributed by atoms with van der Waals surface area (Å²) < 4.78 is 33.8. The maximum absolute atomic E-state index is 10.5. The lowest BCUT2D eigenvalue weighted by Crippen LogP contribution is -2.61. The highest BCUT2D eigenvalue weighted by atomic mass is 16.7. The van der Waals surface area contributed by atoms with Gasteiger partial charge in [0.1, 0.15) is 67.1 Å². The summed E-state index contributed by atoms with van der Waals surface area (Å²) in [6.45, 7) is 8.48. The summed E-state index contributed by atoms with van der Waals surface area (Å²) in [5, 5.41) is 101. The van der Waals surface area contributed by atoms with Crippen molar-refractivity contribution in [3.05, 3.63) is 34.9 Å². The van der Waals surface area contributed by atoms with E-state index >= 15 is 0 Å². The highest BCUT2D eigenvalue weighted by Crippen LogP contribution is 2.43. The Morgan fingerprint density at radius 2 is 1.31 bits per heavy atom. The van der Waals surface area contributed by atoms with Crippen molar-refractivity contribution in [3.8, 4) is 0 Å². The number of hydrogen-bond donors (Lipinski definition) is 10. The smallest absolute Gasteiger partial charge is 0.187 e. The second-order valence-corrected chi connectivity index (χ2v) is 14.1. The molecule has 0 aromatic heterocycles. The Morgan fingerprint density at radius 1 is 0.755 bits per heavy atom. The molecule has 282 valence electrons. The van der Waals surface area contributed by atoms with Gasteiger partial charge < -0.3 is 79.5 Å². The molecule has 3 aliphatic heterocycles. The first-order valence-corrected chi connectivity index (χ1v) is 16.6. The van der Waals surface area contributed by atoms with E-state index in [-0.39, 0.29) is 18.1 Å². The van der Waals surface area contributed by atoms with Crippen molar-refractivity contribution in [2.24, 2.45) is 5.41 Å². The van der Waals surface area contributed by atoms with Crippen LogP contribution in [0.4, 0.5) is 0 Å². The first-order chi connectivity index (χ1) is 23.0. The number of allylic oxidation sites excluding steroid dienone is 4. The molecule has 0 bridgehead atoms. The molecule has 4 rings (SSSR count). The number of rotatable bonds is 11. The normalized spacial score (nSPS) is 45.2. The van der Waals surface area contributed by atoms with E-state index in [9.17, 15) is 51.1 Å². The van der Waals surface area contributed by atoms with E-state index in [2.05, 4.69) is 13.8 Å². The molecular weight excluding hydrogens is 652 g/mol. The van der Waals surface area contributed by atoms with Crippen LogP contribution in [0.1, 0.15) is 47.5 Å². The van der Waals surface area contributed by atoms with Crippen LogP contribution in [0.3, 0.4) is 0 Å². The molecule has 3 saturated heterocycles. The van der Waals surface area contributed by atoms with Gasteiger partial charge in [-0.3, -0.25) is 0 Å². The van der Waals surface area contributed by atoms with E-state index in [1.807, 2.05) is 26.0 Å². The van der Waals surface area contributed by atoms with Gasteiger partial charge in [-0.2, -0.15) is 0 Å². The van der Waals surface area contributed by atoms with Crippen LogP contribution in [0.5, 0.6) is 0 Å². The summed E-state index contributed by atoms with van der Waals surface area (Å²) in [4.78, 5) is 0.